The molecule has 0 aromatic rings. The van der Waals surface area contributed by atoms with Gasteiger partial charge < -0.3 is 0 Å². The summed E-state index contributed by atoms with van der Waals surface area (Å²) in [5.74, 6) is 3.58. The van der Waals surface area contributed by atoms with Crippen LogP contribution < -0.4 is 0 Å². The SMILES string of the molecule is CC(C)CCCCCCC(CC(C)C)C(C)C. The first-order valence-corrected chi connectivity index (χ1v) is 7.93. The molecule has 0 aromatic carbocycles. The van der Waals surface area contributed by atoms with Gasteiger partial charge in [-0.25, -0.2) is 0 Å². The quantitative estimate of drug-likeness (QED) is 0.393. The minimum Gasteiger partial charge on any atom is -0.0628 e. The van der Waals surface area contributed by atoms with Gasteiger partial charge in [-0.15, -0.1) is 0 Å². The zero-order valence-corrected chi connectivity index (χ0v) is 13.3. The van der Waals surface area contributed by atoms with Crippen molar-refractivity contribution in [3.63, 3.8) is 0 Å². The van der Waals surface area contributed by atoms with Crippen molar-refractivity contribution in [1.82, 2.24) is 0 Å². The average molecular weight is 240 g/mol. The first-order chi connectivity index (χ1) is 7.93. The molecular formula is C17H36. The highest BCUT2D eigenvalue weighted by Crippen LogP contribution is 2.26. The van der Waals surface area contributed by atoms with Crippen LogP contribution in [0.4, 0.5) is 0 Å². The fraction of sp³-hybridized carbons (Fsp3) is 1.00. The molecule has 1 unspecified atom stereocenters. The Kier molecular flexibility index (Phi) is 9.97. The summed E-state index contributed by atoms with van der Waals surface area (Å²) in [6.07, 6.45) is 10.1. The van der Waals surface area contributed by atoms with E-state index in [0.717, 1.165) is 23.7 Å². The third kappa shape index (κ3) is 10.9. The minimum atomic E-state index is 0.864. The molecule has 0 aliphatic heterocycles. The van der Waals surface area contributed by atoms with E-state index in [9.17, 15) is 0 Å². The van der Waals surface area contributed by atoms with Crippen molar-refractivity contribution in [2.45, 2.75) is 86.5 Å². The van der Waals surface area contributed by atoms with Gasteiger partial charge in [0.1, 0.15) is 0 Å². The van der Waals surface area contributed by atoms with Crippen molar-refractivity contribution >= 4 is 0 Å². The molecule has 0 heterocycles. The lowest BCUT2D eigenvalue weighted by atomic mass is 9.83. The zero-order chi connectivity index (χ0) is 13.3. The van der Waals surface area contributed by atoms with Crippen molar-refractivity contribution in [1.29, 1.82) is 0 Å². The fourth-order valence-electron chi connectivity index (χ4n) is 2.64. The third-order valence-corrected chi connectivity index (χ3v) is 3.82. The summed E-state index contributed by atoms with van der Waals surface area (Å²) in [7, 11) is 0. The van der Waals surface area contributed by atoms with Crippen LogP contribution in [0.1, 0.15) is 86.5 Å². The summed E-state index contributed by atoms with van der Waals surface area (Å²) in [4.78, 5) is 0. The molecule has 0 aliphatic carbocycles. The smallest absolute Gasteiger partial charge is 0.0389 e. The number of unbranched alkanes of at least 4 members (excludes halogenated alkanes) is 3. The molecule has 1 atom stereocenters. The van der Waals surface area contributed by atoms with Crippen molar-refractivity contribution < 1.29 is 0 Å². The molecule has 104 valence electrons. The second-order valence-electron chi connectivity index (χ2n) is 7.02. The molecule has 0 nitrogen and oxygen atoms in total. The van der Waals surface area contributed by atoms with Crippen molar-refractivity contribution in [3.8, 4) is 0 Å². The molecule has 0 radical (unpaired) electrons. The van der Waals surface area contributed by atoms with E-state index >= 15 is 0 Å². The molecular weight excluding hydrogens is 204 g/mol. The van der Waals surface area contributed by atoms with Crippen LogP contribution in [-0.2, 0) is 0 Å². The molecule has 0 spiro atoms. The van der Waals surface area contributed by atoms with E-state index in [-0.39, 0.29) is 0 Å². The fourth-order valence-corrected chi connectivity index (χ4v) is 2.64. The van der Waals surface area contributed by atoms with Gasteiger partial charge in [-0.3, -0.25) is 0 Å². The molecule has 0 amide bonds. The summed E-state index contributed by atoms with van der Waals surface area (Å²) in [6, 6.07) is 0. The Labute approximate surface area is 111 Å². The van der Waals surface area contributed by atoms with Crippen LogP contribution in [0.5, 0.6) is 0 Å². The molecule has 0 saturated heterocycles. The largest absolute Gasteiger partial charge is 0.0628 e. The van der Waals surface area contributed by atoms with E-state index in [4.69, 9.17) is 0 Å². The number of hydrogen-bond acceptors (Lipinski definition) is 0. The second kappa shape index (κ2) is 9.97. The van der Waals surface area contributed by atoms with Crippen LogP contribution in [-0.4, -0.2) is 0 Å². The van der Waals surface area contributed by atoms with Gasteiger partial charge >= 0.3 is 0 Å². The third-order valence-electron chi connectivity index (χ3n) is 3.82. The Bertz CT molecular complexity index is 155. The van der Waals surface area contributed by atoms with Crippen molar-refractivity contribution in [2.75, 3.05) is 0 Å². The van der Waals surface area contributed by atoms with Crippen molar-refractivity contribution in [2.24, 2.45) is 23.7 Å². The predicted octanol–water partition coefficient (Wildman–Crippen LogP) is 6.30. The highest BCUT2D eigenvalue weighted by Gasteiger charge is 2.14. The normalized spacial score (nSPS) is 13.9. The number of hydrogen-bond donors (Lipinski definition) is 0. The molecule has 0 bridgehead atoms. The van der Waals surface area contributed by atoms with Gasteiger partial charge in [-0.05, 0) is 30.1 Å². The summed E-state index contributed by atoms with van der Waals surface area (Å²) >= 11 is 0. The van der Waals surface area contributed by atoms with Gasteiger partial charge in [0.05, 0.1) is 0 Å². The molecule has 0 rings (SSSR count). The van der Waals surface area contributed by atoms with Crippen molar-refractivity contribution in [3.05, 3.63) is 0 Å². The summed E-state index contributed by atoms with van der Waals surface area (Å²) in [5.41, 5.74) is 0. The van der Waals surface area contributed by atoms with Crippen LogP contribution in [0.3, 0.4) is 0 Å². The average Bonchev–Trinajstić information content (AvgIpc) is 2.20. The summed E-state index contributed by atoms with van der Waals surface area (Å²) in [6.45, 7) is 14.2. The molecule has 17 heavy (non-hydrogen) atoms. The van der Waals surface area contributed by atoms with Gasteiger partial charge in [-0.1, -0.05) is 80.1 Å². The first kappa shape index (κ1) is 17.0. The van der Waals surface area contributed by atoms with Crippen LogP contribution in [0.25, 0.3) is 0 Å². The van der Waals surface area contributed by atoms with Gasteiger partial charge in [-0.2, -0.15) is 0 Å². The Hall–Kier alpha value is 0. The second-order valence-corrected chi connectivity index (χ2v) is 7.02. The molecule has 0 aliphatic rings. The molecule has 0 N–H and O–H groups in total. The Morgan fingerprint density at radius 1 is 0.588 bits per heavy atom. The number of rotatable bonds is 10. The van der Waals surface area contributed by atoms with Gasteiger partial charge in [0, 0.05) is 0 Å². The molecule has 0 saturated carbocycles. The Morgan fingerprint density at radius 3 is 1.53 bits per heavy atom. The maximum Gasteiger partial charge on any atom is -0.0389 e. The first-order valence-electron chi connectivity index (χ1n) is 7.93. The summed E-state index contributed by atoms with van der Waals surface area (Å²) in [5, 5.41) is 0. The van der Waals surface area contributed by atoms with E-state index in [0.29, 0.717) is 0 Å². The lowest BCUT2D eigenvalue weighted by molar-refractivity contribution is 0.289. The molecule has 0 heteroatoms. The van der Waals surface area contributed by atoms with Crippen LogP contribution in [0.15, 0.2) is 0 Å². The van der Waals surface area contributed by atoms with Gasteiger partial charge in [0.15, 0.2) is 0 Å². The summed E-state index contributed by atoms with van der Waals surface area (Å²) < 4.78 is 0. The standard InChI is InChI=1S/C17H36/c1-14(2)11-9-7-8-10-12-17(16(5)6)13-15(3)4/h14-17H,7-13H2,1-6H3. The van der Waals surface area contributed by atoms with E-state index < -0.39 is 0 Å². The van der Waals surface area contributed by atoms with E-state index in [1.165, 1.54) is 44.9 Å². The van der Waals surface area contributed by atoms with Crippen LogP contribution in [0.2, 0.25) is 0 Å². The topological polar surface area (TPSA) is 0 Å². The highest BCUT2D eigenvalue weighted by molar-refractivity contribution is 4.65. The maximum atomic E-state index is 2.39. The highest BCUT2D eigenvalue weighted by atomic mass is 14.2. The Balaban J connectivity index is 3.54. The zero-order valence-electron chi connectivity index (χ0n) is 13.3. The Morgan fingerprint density at radius 2 is 1.12 bits per heavy atom. The maximum absolute atomic E-state index is 2.39. The van der Waals surface area contributed by atoms with Gasteiger partial charge in [0.2, 0.25) is 0 Å². The predicted molar refractivity (Wildman–Crippen MR) is 80.3 cm³/mol. The van der Waals surface area contributed by atoms with E-state index in [1.807, 2.05) is 0 Å². The van der Waals surface area contributed by atoms with E-state index in [2.05, 4.69) is 41.5 Å². The van der Waals surface area contributed by atoms with Gasteiger partial charge in [0.25, 0.3) is 0 Å². The van der Waals surface area contributed by atoms with E-state index in [1.54, 1.807) is 0 Å². The van der Waals surface area contributed by atoms with Crippen LogP contribution >= 0.6 is 0 Å². The molecule has 0 fully saturated rings. The molecule has 0 aromatic heterocycles. The lowest BCUT2D eigenvalue weighted by Gasteiger charge is -2.22. The lowest BCUT2D eigenvalue weighted by Crippen LogP contribution is -2.11. The monoisotopic (exact) mass is 240 g/mol. The minimum absolute atomic E-state index is 0.864. The van der Waals surface area contributed by atoms with Crippen LogP contribution in [0, 0.1) is 23.7 Å².